The second kappa shape index (κ2) is 4.63. The lowest BCUT2D eigenvalue weighted by atomic mass is 10.2. The summed E-state index contributed by atoms with van der Waals surface area (Å²) in [5.41, 5.74) is 6.20. The first-order valence-corrected chi connectivity index (χ1v) is 4.54. The van der Waals surface area contributed by atoms with Crippen molar-refractivity contribution in [1.82, 2.24) is 0 Å². The van der Waals surface area contributed by atoms with Crippen molar-refractivity contribution in [1.29, 1.82) is 5.26 Å². The van der Waals surface area contributed by atoms with Crippen LogP contribution in [0.5, 0.6) is 0 Å². The van der Waals surface area contributed by atoms with Gasteiger partial charge in [-0.25, -0.2) is 4.79 Å². The molecule has 14 heavy (non-hydrogen) atoms. The Labute approximate surface area is 89.4 Å². The largest absolute Gasteiger partial charge is 0.447 e. The van der Waals surface area contributed by atoms with Crippen LogP contribution in [-0.2, 0) is 4.74 Å². The molecular weight excluding hydrogens is 248 g/mol. The molecule has 2 N–H and O–H groups in total. The molecule has 0 spiro atoms. The Hall–Kier alpha value is -1.54. The fourth-order valence-electron chi connectivity index (χ4n) is 0.891. The fraction of sp³-hybridized carbons (Fsp3) is 0.111. The van der Waals surface area contributed by atoms with E-state index in [1.807, 2.05) is 0 Å². The molecule has 1 aromatic rings. The summed E-state index contributed by atoms with van der Waals surface area (Å²) in [5.74, 6) is -0.592. The number of rotatable bonds is 2. The van der Waals surface area contributed by atoms with E-state index >= 15 is 0 Å². The molecule has 72 valence electrons. The van der Waals surface area contributed by atoms with Gasteiger partial charge in [0.15, 0.2) is 6.61 Å². The zero-order chi connectivity index (χ0) is 10.6. The van der Waals surface area contributed by atoms with E-state index in [1.54, 1.807) is 24.3 Å². The van der Waals surface area contributed by atoms with E-state index in [0.29, 0.717) is 10.2 Å². The third-order valence-electron chi connectivity index (χ3n) is 1.54. The van der Waals surface area contributed by atoms with E-state index < -0.39 is 5.97 Å². The summed E-state index contributed by atoms with van der Waals surface area (Å²) < 4.78 is 5.24. The highest BCUT2D eigenvalue weighted by Gasteiger charge is 2.12. The first-order chi connectivity index (χ1) is 6.66. The van der Waals surface area contributed by atoms with Crippen molar-refractivity contribution in [3.8, 4) is 6.07 Å². The number of halogens is 1. The summed E-state index contributed by atoms with van der Waals surface area (Å²) in [6, 6.07) is 6.64. The van der Waals surface area contributed by atoms with Gasteiger partial charge < -0.3 is 10.5 Å². The number of hydrogen-bond acceptors (Lipinski definition) is 4. The highest BCUT2D eigenvalue weighted by atomic mass is 79.9. The van der Waals surface area contributed by atoms with Gasteiger partial charge in [0.1, 0.15) is 6.07 Å². The first kappa shape index (κ1) is 10.5. The Kier molecular flexibility index (Phi) is 3.48. The number of nitriles is 1. The number of carbonyl (C=O) groups is 1. The van der Waals surface area contributed by atoms with Crippen LogP contribution < -0.4 is 5.73 Å². The molecule has 1 rings (SSSR count). The van der Waals surface area contributed by atoms with E-state index in [1.165, 1.54) is 0 Å². The molecule has 0 unspecified atom stereocenters. The van der Waals surface area contributed by atoms with Crippen molar-refractivity contribution in [3.05, 3.63) is 28.2 Å². The van der Waals surface area contributed by atoms with Gasteiger partial charge in [-0.3, -0.25) is 0 Å². The standard InChI is InChI=1S/C9H7BrN2O2/c10-7-3-1-2-6(8(7)12)9(13)14-5-4-11/h1-3H,5,12H2. The molecule has 1 aromatic carbocycles. The zero-order valence-corrected chi connectivity index (χ0v) is 8.74. The second-order valence-corrected chi connectivity index (χ2v) is 3.29. The summed E-state index contributed by atoms with van der Waals surface area (Å²) >= 11 is 3.18. The number of esters is 1. The fourth-order valence-corrected chi connectivity index (χ4v) is 1.26. The molecule has 0 atom stereocenters. The third-order valence-corrected chi connectivity index (χ3v) is 2.23. The Morgan fingerprint density at radius 2 is 2.36 bits per heavy atom. The average molecular weight is 255 g/mol. The molecule has 0 aliphatic carbocycles. The van der Waals surface area contributed by atoms with Crippen molar-refractivity contribution < 1.29 is 9.53 Å². The quantitative estimate of drug-likeness (QED) is 0.644. The second-order valence-electron chi connectivity index (χ2n) is 2.44. The lowest BCUT2D eigenvalue weighted by Gasteiger charge is -2.05. The lowest BCUT2D eigenvalue weighted by molar-refractivity contribution is 0.0556. The molecule has 5 heteroatoms. The molecule has 0 amide bonds. The Morgan fingerprint density at radius 3 is 3.00 bits per heavy atom. The Balaban J connectivity index is 2.91. The smallest absolute Gasteiger partial charge is 0.341 e. The van der Waals surface area contributed by atoms with Crippen LogP contribution in [0.15, 0.2) is 22.7 Å². The molecule has 0 saturated heterocycles. The van der Waals surface area contributed by atoms with Crippen molar-refractivity contribution in [3.63, 3.8) is 0 Å². The van der Waals surface area contributed by atoms with Crippen molar-refractivity contribution >= 4 is 27.6 Å². The molecule has 0 aromatic heterocycles. The van der Waals surface area contributed by atoms with Gasteiger partial charge in [0, 0.05) is 4.47 Å². The van der Waals surface area contributed by atoms with Crippen LogP contribution in [-0.4, -0.2) is 12.6 Å². The summed E-state index contributed by atoms with van der Waals surface area (Å²) in [6.07, 6.45) is 0. The molecule has 0 bridgehead atoms. The number of anilines is 1. The van der Waals surface area contributed by atoms with Gasteiger partial charge >= 0.3 is 5.97 Å². The number of carbonyl (C=O) groups excluding carboxylic acids is 1. The maximum absolute atomic E-state index is 11.3. The molecule has 0 fully saturated rings. The minimum Gasteiger partial charge on any atom is -0.447 e. The highest BCUT2D eigenvalue weighted by molar-refractivity contribution is 9.10. The van der Waals surface area contributed by atoms with Gasteiger partial charge in [0.05, 0.1) is 11.3 Å². The van der Waals surface area contributed by atoms with Gasteiger partial charge in [-0.15, -0.1) is 0 Å². The highest BCUT2D eigenvalue weighted by Crippen LogP contribution is 2.23. The summed E-state index contributed by atoms with van der Waals surface area (Å²) in [4.78, 5) is 11.3. The average Bonchev–Trinajstić information content (AvgIpc) is 2.18. The Bertz CT molecular complexity index is 398. The van der Waals surface area contributed by atoms with E-state index in [-0.39, 0.29) is 12.2 Å². The SMILES string of the molecule is N#CCOC(=O)c1cccc(Br)c1N. The molecular formula is C9H7BrN2O2. The lowest BCUT2D eigenvalue weighted by Crippen LogP contribution is -2.08. The van der Waals surface area contributed by atoms with Gasteiger partial charge in [-0.05, 0) is 28.1 Å². The number of hydrogen-bond donors (Lipinski definition) is 1. The molecule has 0 saturated carbocycles. The van der Waals surface area contributed by atoms with Crippen LogP contribution in [0.25, 0.3) is 0 Å². The first-order valence-electron chi connectivity index (χ1n) is 3.75. The minimum absolute atomic E-state index is 0.259. The van der Waals surface area contributed by atoms with E-state index in [2.05, 4.69) is 20.7 Å². The predicted molar refractivity (Wildman–Crippen MR) is 54.4 cm³/mol. The van der Waals surface area contributed by atoms with E-state index in [9.17, 15) is 4.79 Å². The number of benzene rings is 1. The van der Waals surface area contributed by atoms with E-state index in [0.717, 1.165) is 0 Å². The van der Waals surface area contributed by atoms with Crippen LogP contribution in [0.1, 0.15) is 10.4 Å². The minimum atomic E-state index is -0.592. The monoisotopic (exact) mass is 254 g/mol. The molecule has 0 radical (unpaired) electrons. The molecule has 0 aliphatic rings. The summed E-state index contributed by atoms with van der Waals surface area (Å²) in [6.45, 7) is -0.273. The zero-order valence-electron chi connectivity index (χ0n) is 7.16. The van der Waals surface area contributed by atoms with Gasteiger partial charge in [-0.1, -0.05) is 6.07 Å². The number of ether oxygens (including phenoxy) is 1. The molecule has 0 heterocycles. The number of nitrogens with two attached hydrogens (primary N) is 1. The van der Waals surface area contributed by atoms with Gasteiger partial charge in [0.2, 0.25) is 0 Å². The van der Waals surface area contributed by atoms with E-state index in [4.69, 9.17) is 11.0 Å². The maximum atomic E-state index is 11.3. The molecule has 4 nitrogen and oxygen atoms in total. The Morgan fingerprint density at radius 1 is 1.64 bits per heavy atom. The summed E-state index contributed by atoms with van der Waals surface area (Å²) in [7, 11) is 0. The van der Waals surface area contributed by atoms with Crippen LogP contribution in [0.3, 0.4) is 0 Å². The van der Waals surface area contributed by atoms with Gasteiger partial charge in [0.25, 0.3) is 0 Å². The van der Waals surface area contributed by atoms with Crippen molar-refractivity contribution in [2.45, 2.75) is 0 Å². The maximum Gasteiger partial charge on any atom is 0.341 e. The summed E-state index contributed by atoms with van der Waals surface area (Å²) in [5, 5.41) is 8.22. The van der Waals surface area contributed by atoms with Crippen molar-refractivity contribution in [2.75, 3.05) is 12.3 Å². The molecule has 0 aliphatic heterocycles. The predicted octanol–water partition coefficient (Wildman–Crippen LogP) is 1.71. The van der Waals surface area contributed by atoms with Crippen LogP contribution in [0, 0.1) is 11.3 Å². The topological polar surface area (TPSA) is 76.1 Å². The van der Waals surface area contributed by atoms with Crippen LogP contribution in [0.4, 0.5) is 5.69 Å². The van der Waals surface area contributed by atoms with Crippen LogP contribution >= 0.6 is 15.9 Å². The normalized spacial score (nSPS) is 9.14. The number of nitrogens with zero attached hydrogens (tertiary/aromatic N) is 1. The van der Waals surface area contributed by atoms with Crippen LogP contribution in [0.2, 0.25) is 0 Å². The van der Waals surface area contributed by atoms with Gasteiger partial charge in [-0.2, -0.15) is 5.26 Å². The third kappa shape index (κ3) is 2.24. The van der Waals surface area contributed by atoms with Crippen molar-refractivity contribution in [2.24, 2.45) is 0 Å². The number of nitrogen functional groups attached to an aromatic ring is 1. The number of para-hydroxylation sites is 1.